The first-order chi connectivity index (χ1) is 82.8. The van der Waals surface area contributed by atoms with E-state index in [-0.39, 0.29) is 88.2 Å². The second kappa shape index (κ2) is 54.5. The summed E-state index contributed by atoms with van der Waals surface area (Å²) in [6.07, 6.45) is -8.07. The van der Waals surface area contributed by atoms with Crippen LogP contribution in [0.5, 0.6) is 0 Å². The molecule has 145 heavy (non-hydrogen) atoms. The maximum absolute atomic E-state index is 13.9. The Morgan fingerprint density at radius 1 is 0.290 bits per heavy atom. The number of amides is 5. The summed E-state index contributed by atoms with van der Waals surface area (Å²) in [6, 6.07) is 30.3. The number of aryl methyl sites for hydroxylation is 6. The predicted octanol–water partition coefficient (Wildman–Crippen LogP) is 6.71. The van der Waals surface area contributed by atoms with Crippen LogP contribution in [0, 0.1) is 0 Å². The largest absolute Gasteiger partial charge is 0.363 e. The Labute approximate surface area is 893 Å². The molecule has 5 aliphatic rings. The van der Waals surface area contributed by atoms with Crippen LogP contribution in [0.15, 0.2) is 176 Å². The number of piperidine rings is 5. The zero-order valence-electron chi connectivity index (χ0n) is 116. The molecule has 0 aliphatic carbocycles. The first-order valence-corrected chi connectivity index (χ1v) is 47.4. The number of tetrazole rings is 5. The van der Waals surface area contributed by atoms with Crippen LogP contribution >= 0.6 is 0 Å². The van der Waals surface area contributed by atoms with Gasteiger partial charge in [0.05, 0.1) is 54.5 Å². The smallest absolute Gasteiger partial charge is 0.358 e. The fourth-order valence-corrected chi connectivity index (χ4v) is 17.3. The molecule has 5 aliphatic heterocycles. The fourth-order valence-electron chi connectivity index (χ4n) is 17.3. The van der Waals surface area contributed by atoms with E-state index in [4.69, 9.17) is 68.9 Å². The van der Waals surface area contributed by atoms with E-state index in [0.29, 0.717) is 113 Å². The molecule has 5 amide bonds. The quantitative estimate of drug-likeness (QED) is 0.0360. The molecule has 10 heterocycles. The first kappa shape index (κ1) is 74.3. The van der Waals surface area contributed by atoms with Crippen molar-refractivity contribution >= 4 is 58.0 Å². The minimum absolute atomic E-state index is 0.0117. The number of rotatable bonds is 40. The summed E-state index contributed by atoms with van der Waals surface area (Å²) >= 11 is 0. The SMILES string of the molecule is [2H]C([2H])(C)C(=O)N(c1ccccc1)C1(OC)CCN(CC([2H])([2H])n2nnn(CC)c2=O)CC1.[2H]C([2H])(CN1CCC(OC)(N(C(=O)C([2H])([2H])C([2H])([2H])[2H])c2ccccc2)CC1)n1nnn(CC)c1=O.[2H]C([2H])(CN1CCC(OC)(N(C(=O)CC)c2ccccc2)CC1)n1nnn(CC)c1=O.[2H]C([2H])([2H])CC(=O)N(c1ccccc1)C1(OC)CCN(CC([2H])([2H])n2nnn(CC)c2=O)CC1.[2H]c1c([2H])c([2H])c(N(C(=O)C([2H])([2H])C([2H])([2H])[2H])C2(OC([2H])([2H])[2H])CCN(C([2H])([2H])Cn3nnn(CC)c3=O)CC2)c([2H])c1[2H]. The van der Waals surface area contributed by atoms with Crippen LogP contribution in [-0.2, 0) is 113 Å². The van der Waals surface area contributed by atoms with Crippen LogP contribution in [-0.4, -0.2) is 315 Å². The third-order valence-corrected chi connectivity index (χ3v) is 25.6. The molecule has 45 nitrogen and oxygen atoms in total. The molecule has 45 heteroatoms. The van der Waals surface area contributed by atoms with Crippen LogP contribution in [0.1, 0.15) is 210 Å². The van der Waals surface area contributed by atoms with Gasteiger partial charge in [0.1, 0.15) is 28.6 Å². The lowest BCUT2D eigenvalue weighted by Gasteiger charge is -2.47. The Hall–Kier alpha value is -12.6. The van der Waals surface area contributed by atoms with E-state index >= 15 is 0 Å². The Kier molecular flexibility index (Phi) is 27.9. The number of carbonyl (C=O) groups excluding carboxylic acids is 5. The molecular weight excluding hydrogens is 1860 g/mol. The zero-order valence-corrected chi connectivity index (χ0v) is 83.2. The minimum atomic E-state index is -3.76. The van der Waals surface area contributed by atoms with Crippen LogP contribution in [0.4, 0.5) is 28.4 Å². The van der Waals surface area contributed by atoms with Gasteiger partial charge in [0.15, 0.2) is 0 Å². The number of ether oxygens (including phenoxy) is 5. The number of hydrogen-bond acceptors (Lipinski definition) is 30. The summed E-state index contributed by atoms with van der Waals surface area (Å²) in [7, 11) is 2.59. The van der Waals surface area contributed by atoms with Gasteiger partial charge in [0.2, 0.25) is 29.5 Å². The van der Waals surface area contributed by atoms with Gasteiger partial charge in [0.25, 0.3) is 0 Å². The van der Waals surface area contributed by atoms with Gasteiger partial charge in [0, 0.05) is 314 Å². The molecular formula is C100H150N30O15. The van der Waals surface area contributed by atoms with Crippen molar-refractivity contribution in [2.75, 3.05) is 158 Å². The highest BCUT2D eigenvalue weighted by Crippen LogP contribution is 2.41. The molecule has 5 aromatic carbocycles. The van der Waals surface area contributed by atoms with Crippen molar-refractivity contribution < 1.29 is 92.9 Å². The van der Waals surface area contributed by atoms with Crippen LogP contribution < -0.4 is 52.9 Å². The highest BCUT2D eigenvalue weighted by atomic mass is 16.5. The highest BCUT2D eigenvalue weighted by Gasteiger charge is 2.49. The van der Waals surface area contributed by atoms with E-state index in [1.54, 1.807) is 136 Å². The number of anilines is 5. The average Bonchev–Trinajstić information content (AvgIpc) is 1.13. The number of benzene rings is 5. The van der Waals surface area contributed by atoms with Crippen molar-refractivity contribution in [3.8, 4) is 0 Å². The molecule has 790 valence electrons. The topological polar surface area (TPSA) is 427 Å². The molecule has 0 radical (unpaired) electrons. The Balaban J connectivity index is 0.000000208. The van der Waals surface area contributed by atoms with Crippen molar-refractivity contribution in [2.45, 2.75) is 259 Å². The summed E-state index contributed by atoms with van der Waals surface area (Å²) in [5.74, 6) is -4.51. The van der Waals surface area contributed by atoms with Gasteiger partial charge in [-0.2, -0.15) is 46.8 Å². The molecule has 0 unspecified atom stereocenters. The zero-order chi connectivity index (χ0) is 133. The van der Waals surface area contributed by atoms with Gasteiger partial charge in [-0.1, -0.05) is 125 Å². The number of para-hydroxylation sites is 5. The fraction of sp³-hybridized carbons (Fsp3) is 0.600. The third kappa shape index (κ3) is 27.6. The number of aromatic nitrogens is 20. The summed E-state index contributed by atoms with van der Waals surface area (Å²) in [6.45, 7) is -6.07. The maximum atomic E-state index is 13.9. The molecule has 0 bridgehead atoms. The monoisotopic (exact) mass is 2040 g/mol. The van der Waals surface area contributed by atoms with E-state index in [9.17, 15) is 47.9 Å². The van der Waals surface area contributed by atoms with Crippen LogP contribution in [0.2, 0.25) is 0 Å². The molecule has 0 saturated carbocycles. The van der Waals surface area contributed by atoms with E-state index in [1.807, 2.05) is 58.0 Å². The van der Waals surface area contributed by atoms with Gasteiger partial charge in [-0.25, -0.2) is 24.0 Å². The van der Waals surface area contributed by atoms with E-state index < -0.39 is 235 Å². The third-order valence-electron chi connectivity index (χ3n) is 25.6. The Morgan fingerprint density at radius 2 is 0.531 bits per heavy atom. The second-order valence-corrected chi connectivity index (χ2v) is 33.4. The lowest BCUT2D eigenvalue weighted by molar-refractivity contribution is -0.129. The van der Waals surface area contributed by atoms with Crippen LogP contribution in [0.3, 0.4) is 0 Å². The van der Waals surface area contributed by atoms with Crippen molar-refractivity contribution in [2.24, 2.45) is 0 Å². The van der Waals surface area contributed by atoms with E-state index in [2.05, 4.69) is 52.1 Å². The molecule has 15 rings (SSSR count). The van der Waals surface area contributed by atoms with Crippen molar-refractivity contribution in [1.29, 1.82) is 0 Å². The first-order valence-electron chi connectivity index (χ1n) is 63.9. The van der Waals surface area contributed by atoms with Gasteiger partial charge < -0.3 is 48.2 Å². The maximum Gasteiger partial charge on any atom is 0.363 e. The summed E-state index contributed by atoms with van der Waals surface area (Å²) < 4.78 is 303. The number of methoxy groups -OCH3 is 5. The second-order valence-electron chi connectivity index (χ2n) is 33.4. The van der Waals surface area contributed by atoms with Crippen molar-refractivity contribution in [1.82, 2.24) is 123 Å². The van der Waals surface area contributed by atoms with Crippen molar-refractivity contribution in [3.05, 3.63) is 204 Å². The Bertz CT molecular complexity index is 7560. The van der Waals surface area contributed by atoms with Gasteiger partial charge in [-0.15, -0.1) is 0 Å². The van der Waals surface area contributed by atoms with E-state index in [0.717, 1.165) is 57.6 Å². The van der Waals surface area contributed by atoms with Crippen LogP contribution in [0.25, 0.3) is 0 Å². The van der Waals surface area contributed by atoms with Gasteiger partial charge in [-0.05, 0) is 147 Å². The van der Waals surface area contributed by atoms with Gasteiger partial charge >= 0.3 is 28.4 Å². The van der Waals surface area contributed by atoms with E-state index in [1.165, 1.54) is 38.1 Å². The molecule has 0 N–H and O–H groups in total. The molecule has 10 aromatic rings. The summed E-state index contributed by atoms with van der Waals surface area (Å²) in [5.41, 5.74) is -8.97. The molecule has 0 spiro atoms. The number of carbonyl (C=O) groups is 5. The van der Waals surface area contributed by atoms with Crippen molar-refractivity contribution in [3.63, 3.8) is 0 Å². The number of likely N-dealkylation sites (tertiary alicyclic amines) is 5. The highest BCUT2D eigenvalue weighted by molar-refractivity contribution is 5.97. The summed E-state index contributed by atoms with van der Waals surface area (Å²) in [5, 5.41) is 36.7. The molecule has 5 fully saturated rings. The number of nitrogens with zero attached hydrogens (tertiary/aromatic N) is 30. The minimum Gasteiger partial charge on any atom is -0.358 e. The molecule has 5 saturated heterocycles. The molecule has 0 atom stereocenters. The van der Waals surface area contributed by atoms with Gasteiger partial charge in [-0.3, -0.25) is 48.5 Å². The Morgan fingerprint density at radius 3 is 0.779 bits per heavy atom. The summed E-state index contributed by atoms with van der Waals surface area (Å²) in [4.78, 5) is 142. The lowest BCUT2D eigenvalue weighted by Crippen LogP contribution is -2.59. The lowest BCUT2D eigenvalue weighted by atomic mass is 9.96. The molecule has 5 aromatic heterocycles. The average molecular weight is 2050 g/mol. The normalized spacial score (nSPS) is 21.1. The standard InChI is InChI=1S/5C20H30N6O3/c5*1-4-18(27)26(17-9-7-6-8-10-17)20(29-3)11-13-23(14-12-20)15-16-25-19(28)24(5-2)21-22-25/h5*6-10H,4-5,11-16H2,1-3H3/i1D3,3D3,4D2,6D,7D,8D,9D,10D,15D2;1D3,4D2,16D2;4D2,16D2;1D3,16D2;16D2. The predicted molar refractivity (Wildman–Crippen MR) is 548 cm³/mol. The number of hydrogen-bond donors (Lipinski definition) is 0.